The molecule has 2 heterocycles. The molecule has 2 aromatic rings. The first kappa shape index (κ1) is 17.9. The lowest BCUT2D eigenvalue weighted by atomic mass is 10.0. The standard InChI is InChI=1S/C19H24FN3OS/c1-13-4-3-9-23(11-13)19-22-18(12-25-19)16-6-5-15(17(20)10-16)7-8-21-14(2)24/h5-6,10,12-13H,3-4,7-9,11H2,1-2H3,(H,21,24). The Morgan fingerprint density at radius 3 is 3.04 bits per heavy atom. The number of piperidine rings is 1. The van der Waals surface area contributed by atoms with Crippen LogP contribution in [0.2, 0.25) is 0 Å². The summed E-state index contributed by atoms with van der Waals surface area (Å²) in [6.45, 7) is 6.27. The van der Waals surface area contributed by atoms with Gasteiger partial charge in [0.2, 0.25) is 5.91 Å². The zero-order chi connectivity index (χ0) is 17.8. The number of rotatable bonds is 5. The van der Waals surface area contributed by atoms with Crippen LogP contribution in [0.25, 0.3) is 11.3 Å². The van der Waals surface area contributed by atoms with Crippen LogP contribution in [0.3, 0.4) is 0 Å². The number of carbonyl (C=O) groups is 1. The predicted molar refractivity (Wildman–Crippen MR) is 101 cm³/mol. The Kier molecular flexibility index (Phi) is 5.68. The van der Waals surface area contributed by atoms with Crippen LogP contribution < -0.4 is 10.2 Å². The zero-order valence-electron chi connectivity index (χ0n) is 14.7. The minimum Gasteiger partial charge on any atom is -0.356 e. The lowest BCUT2D eigenvalue weighted by Gasteiger charge is -2.30. The average Bonchev–Trinajstić information content (AvgIpc) is 3.06. The highest BCUT2D eigenvalue weighted by Gasteiger charge is 2.19. The topological polar surface area (TPSA) is 45.2 Å². The van der Waals surface area contributed by atoms with Crippen LogP contribution in [0.15, 0.2) is 23.6 Å². The van der Waals surface area contributed by atoms with Crippen LogP contribution in [-0.2, 0) is 11.2 Å². The molecule has 25 heavy (non-hydrogen) atoms. The number of hydrogen-bond donors (Lipinski definition) is 1. The van der Waals surface area contributed by atoms with Gasteiger partial charge in [0.15, 0.2) is 5.13 Å². The third kappa shape index (κ3) is 4.57. The molecular formula is C19H24FN3OS. The second-order valence-electron chi connectivity index (χ2n) is 6.75. The largest absolute Gasteiger partial charge is 0.356 e. The van der Waals surface area contributed by atoms with Crippen molar-refractivity contribution in [3.8, 4) is 11.3 Å². The van der Waals surface area contributed by atoms with E-state index in [-0.39, 0.29) is 11.7 Å². The van der Waals surface area contributed by atoms with Crippen LogP contribution >= 0.6 is 11.3 Å². The maximum atomic E-state index is 14.3. The number of halogens is 1. The van der Waals surface area contributed by atoms with Crippen LogP contribution in [-0.4, -0.2) is 30.5 Å². The number of carbonyl (C=O) groups excluding carboxylic acids is 1. The third-order valence-electron chi connectivity index (χ3n) is 4.54. The molecule has 1 fully saturated rings. The second-order valence-corrected chi connectivity index (χ2v) is 7.58. The SMILES string of the molecule is CC(=O)NCCc1ccc(-c2csc(N3CCCC(C)C3)n2)cc1F. The van der Waals surface area contributed by atoms with E-state index in [0.717, 1.165) is 29.5 Å². The van der Waals surface area contributed by atoms with Gasteiger partial charge in [0.25, 0.3) is 0 Å². The molecule has 1 aromatic heterocycles. The molecule has 1 aliphatic rings. The summed E-state index contributed by atoms with van der Waals surface area (Å²) in [4.78, 5) is 17.9. The van der Waals surface area contributed by atoms with E-state index in [9.17, 15) is 9.18 Å². The monoisotopic (exact) mass is 361 g/mol. The molecule has 1 aliphatic heterocycles. The van der Waals surface area contributed by atoms with Crippen LogP contribution in [0, 0.1) is 11.7 Å². The van der Waals surface area contributed by atoms with E-state index in [1.165, 1.54) is 19.8 Å². The van der Waals surface area contributed by atoms with Crippen molar-refractivity contribution in [3.05, 3.63) is 35.0 Å². The van der Waals surface area contributed by atoms with Gasteiger partial charge in [0, 0.05) is 37.5 Å². The molecule has 1 atom stereocenters. The van der Waals surface area contributed by atoms with Crippen molar-refractivity contribution >= 4 is 22.4 Å². The van der Waals surface area contributed by atoms with Crippen molar-refractivity contribution in [3.63, 3.8) is 0 Å². The zero-order valence-corrected chi connectivity index (χ0v) is 15.5. The van der Waals surface area contributed by atoms with E-state index in [4.69, 9.17) is 4.98 Å². The molecular weight excluding hydrogens is 337 g/mol. The fourth-order valence-electron chi connectivity index (χ4n) is 3.19. The Morgan fingerprint density at radius 2 is 2.32 bits per heavy atom. The van der Waals surface area contributed by atoms with Gasteiger partial charge in [-0.15, -0.1) is 11.3 Å². The minimum atomic E-state index is -0.246. The molecule has 1 amide bonds. The first-order valence-electron chi connectivity index (χ1n) is 8.76. The highest BCUT2D eigenvalue weighted by molar-refractivity contribution is 7.14. The molecule has 1 saturated heterocycles. The van der Waals surface area contributed by atoms with Gasteiger partial charge in [0.1, 0.15) is 5.82 Å². The summed E-state index contributed by atoms with van der Waals surface area (Å²) in [5.74, 6) is 0.351. The summed E-state index contributed by atoms with van der Waals surface area (Å²) in [6.07, 6.45) is 2.97. The molecule has 0 radical (unpaired) electrons. The summed E-state index contributed by atoms with van der Waals surface area (Å²) in [6, 6.07) is 5.24. The van der Waals surface area contributed by atoms with Gasteiger partial charge in [-0.25, -0.2) is 9.37 Å². The average molecular weight is 361 g/mol. The first-order valence-corrected chi connectivity index (χ1v) is 9.64. The number of anilines is 1. The van der Waals surface area contributed by atoms with Crippen molar-refractivity contribution in [2.45, 2.75) is 33.1 Å². The highest BCUT2D eigenvalue weighted by Crippen LogP contribution is 2.31. The molecule has 0 saturated carbocycles. The minimum absolute atomic E-state index is 0.0981. The van der Waals surface area contributed by atoms with Crippen molar-refractivity contribution in [1.29, 1.82) is 0 Å². The molecule has 4 nitrogen and oxygen atoms in total. The Hall–Kier alpha value is -1.95. The van der Waals surface area contributed by atoms with Gasteiger partial charge >= 0.3 is 0 Å². The number of thiazole rings is 1. The second kappa shape index (κ2) is 7.95. The first-order chi connectivity index (χ1) is 12.0. The van der Waals surface area contributed by atoms with Crippen molar-refractivity contribution in [1.82, 2.24) is 10.3 Å². The van der Waals surface area contributed by atoms with E-state index < -0.39 is 0 Å². The predicted octanol–water partition coefficient (Wildman–Crippen LogP) is 3.86. The fourth-order valence-corrected chi connectivity index (χ4v) is 4.06. The summed E-state index contributed by atoms with van der Waals surface area (Å²) < 4.78 is 14.3. The number of nitrogens with one attached hydrogen (secondary N) is 1. The number of amides is 1. The Balaban J connectivity index is 1.70. The van der Waals surface area contributed by atoms with Gasteiger partial charge in [-0.05, 0) is 36.8 Å². The summed E-state index contributed by atoms with van der Waals surface area (Å²) in [5.41, 5.74) is 2.23. The molecule has 1 N–H and O–H groups in total. The molecule has 1 aromatic carbocycles. The van der Waals surface area contributed by atoms with Crippen LogP contribution in [0.4, 0.5) is 9.52 Å². The van der Waals surface area contributed by atoms with E-state index in [1.807, 2.05) is 11.4 Å². The van der Waals surface area contributed by atoms with E-state index in [0.29, 0.717) is 24.4 Å². The number of nitrogens with zero attached hydrogens (tertiary/aromatic N) is 2. The molecule has 0 aliphatic carbocycles. The molecule has 134 valence electrons. The Labute approximate surface area is 152 Å². The van der Waals surface area contributed by atoms with E-state index >= 15 is 0 Å². The van der Waals surface area contributed by atoms with E-state index in [2.05, 4.69) is 17.1 Å². The lowest BCUT2D eigenvalue weighted by Crippen LogP contribution is -2.34. The quantitative estimate of drug-likeness (QED) is 0.879. The Morgan fingerprint density at radius 1 is 1.48 bits per heavy atom. The Bertz CT molecular complexity index is 746. The van der Waals surface area contributed by atoms with Crippen molar-refractivity contribution in [2.24, 2.45) is 5.92 Å². The number of aromatic nitrogens is 1. The molecule has 0 spiro atoms. The highest BCUT2D eigenvalue weighted by atomic mass is 32.1. The molecule has 0 bridgehead atoms. The lowest BCUT2D eigenvalue weighted by molar-refractivity contribution is -0.118. The smallest absolute Gasteiger partial charge is 0.216 e. The number of hydrogen-bond acceptors (Lipinski definition) is 4. The maximum absolute atomic E-state index is 14.3. The van der Waals surface area contributed by atoms with Gasteiger partial charge in [-0.2, -0.15) is 0 Å². The van der Waals surface area contributed by atoms with Gasteiger partial charge in [-0.3, -0.25) is 4.79 Å². The van der Waals surface area contributed by atoms with Gasteiger partial charge in [0.05, 0.1) is 5.69 Å². The summed E-state index contributed by atoms with van der Waals surface area (Å²) >= 11 is 1.62. The van der Waals surface area contributed by atoms with Crippen LogP contribution in [0.1, 0.15) is 32.3 Å². The van der Waals surface area contributed by atoms with Gasteiger partial charge in [-0.1, -0.05) is 19.1 Å². The van der Waals surface area contributed by atoms with E-state index in [1.54, 1.807) is 23.5 Å². The van der Waals surface area contributed by atoms with Crippen LogP contribution in [0.5, 0.6) is 0 Å². The summed E-state index contributed by atoms with van der Waals surface area (Å²) in [7, 11) is 0. The number of benzene rings is 1. The molecule has 3 rings (SSSR count). The molecule has 1 unspecified atom stereocenters. The summed E-state index contributed by atoms with van der Waals surface area (Å²) in [5, 5.41) is 5.71. The normalized spacial score (nSPS) is 17.6. The van der Waals surface area contributed by atoms with Crippen molar-refractivity contribution in [2.75, 3.05) is 24.5 Å². The fraction of sp³-hybridized carbons (Fsp3) is 0.474. The third-order valence-corrected chi connectivity index (χ3v) is 5.44. The maximum Gasteiger partial charge on any atom is 0.216 e. The van der Waals surface area contributed by atoms with Gasteiger partial charge < -0.3 is 10.2 Å². The molecule has 6 heteroatoms. The van der Waals surface area contributed by atoms with Crippen molar-refractivity contribution < 1.29 is 9.18 Å².